The number of hydrogen-bond donors (Lipinski definition) is 1. The van der Waals surface area contributed by atoms with Crippen molar-refractivity contribution in [2.45, 2.75) is 18.9 Å². The van der Waals surface area contributed by atoms with Crippen LogP contribution in [0.4, 0.5) is 0 Å². The van der Waals surface area contributed by atoms with Gasteiger partial charge >= 0.3 is 8.25 Å². The Balaban J connectivity index is 2.07. The van der Waals surface area contributed by atoms with Gasteiger partial charge in [0.2, 0.25) is 0 Å². The Morgan fingerprint density at radius 1 is 1.80 bits per heavy atom. The van der Waals surface area contributed by atoms with Gasteiger partial charge < -0.3 is 14.2 Å². The molecule has 0 bridgehead atoms. The minimum Gasteiger partial charge on any atom is -0.376 e. The second-order valence-electron chi connectivity index (χ2n) is 2.21. The van der Waals surface area contributed by atoms with Gasteiger partial charge in [-0.25, -0.2) is 0 Å². The molecule has 0 aromatic carbocycles. The molecule has 0 aromatic heterocycles. The molecule has 4 nitrogen and oxygen atoms in total. The molecule has 1 aliphatic rings. The minimum atomic E-state index is -2.75. The molecule has 0 spiro atoms. The third-order valence-electron chi connectivity index (χ3n) is 1.42. The molecule has 0 amide bonds. The summed E-state index contributed by atoms with van der Waals surface area (Å²) in [4.78, 5) is 8.28. The molecule has 1 aliphatic heterocycles. The van der Waals surface area contributed by atoms with Crippen molar-refractivity contribution in [3.8, 4) is 0 Å². The summed E-state index contributed by atoms with van der Waals surface area (Å²) >= 11 is 0. The summed E-state index contributed by atoms with van der Waals surface area (Å²) in [6.07, 6.45) is 2.01. The highest BCUT2D eigenvalue weighted by Gasteiger charge is 2.15. The molecule has 1 unspecified atom stereocenters. The van der Waals surface area contributed by atoms with Crippen molar-refractivity contribution in [1.29, 1.82) is 0 Å². The SMILES string of the molecule is O=[PH](O)OC[C@@H]1CCCO1. The zero-order chi connectivity index (χ0) is 7.40. The van der Waals surface area contributed by atoms with Gasteiger partial charge in [0.1, 0.15) is 0 Å². The van der Waals surface area contributed by atoms with Crippen LogP contribution < -0.4 is 0 Å². The zero-order valence-corrected chi connectivity index (χ0v) is 6.58. The van der Waals surface area contributed by atoms with E-state index in [0.717, 1.165) is 19.4 Å². The molecule has 2 atom stereocenters. The Labute approximate surface area is 60.1 Å². The Morgan fingerprint density at radius 3 is 3.10 bits per heavy atom. The predicted molar refractivity (Wildman–Crippen MR) is 36.1 cm³/mol. The van der Waals surface area contributed by atoms with Gasteiger partial charge in [0.25, 0.3) is 0 Å². The molecular weight excluding hydrogens is 155 g/mol. The molecule has 0 saturated carbocycles. The summed E-state index contributed by atoms with van der Waals surface area (Å²) < 4.78 is 19.7. The lowest BCUT2D eigenvalue weighted by Gasteiger charge is -2.06. The first kappa shape index (κ1) is 8.21. The average molecular weight is 166 g/mol. The average Bonchev–Trinajstić information content (AvgIpc) is 2.34. The van der Waals surface area contributed by atoms with Crippen molar-refractivity contribution < 1.29 is 18.7 Å². The van der Waals surface area contributed by atoms with Gasteiger partial charge in [-0.3, -0.25) is 4.57 Å². The zero-order valence-electron chi connectivity index (χ0n) is 5.58. The lowest BCUT2D eigenvalue weighted by molar-refractivity contribution is 0.0666. The van der Waals surface area contributed by atoms with Crippen LogP contribution in [0.3, 0.4) is 0 Å². The third-order valence-corrected chi connectivity index (χ3v) is 1.83. The Bertz CT molecular complexity index is 121. The van der Waals surface area contributed by atoms with Crippen molar-refractivity contribution in [3.63, 3.8) is 0 Å². The molecular formula is C5H11O4P. The molecule has 1 rings (SSSR count). The maximum Gasteiger partial charge on any atom is 0.316 e. The molecule has 1 fully saturated rings. The first-order valence-electron chi connectivity index (χ1n) is 3.26. The van der Waals surface area contributed by atoms with Gasteiger partial charge in [-0.15, -0.1) is 0 Å². The van der Waals surface area contributed by atoms with Crippen LogP contribution >= 0.6 is 8.25 Å². The molecule has 1 heterocycles. The van der Waals surface area contributed by atoms with Gasteiger partial charge in [-0.1, -0.05) is 0 Å². The molecule has 5 heteroatoms. The summed E-state index contributed by atoms with van der Waals surface area (Å²) in [5.41, 5.74) is 0. The van der Waals surface area contributed by atoms with Gasteiger partial charge in [0.05, 0.1) is 12.7 Å². The first-order valence-corrected chi connectivity index (χ1v) is 4.53. The summed E-state index contributed by atoms with van der Waals surface area (Å²) in [5.74, 6) is 0. The Kier molecular flexibility index (Phi) is 3.35. The van der Waals surface area contributed by atoms with Crippen LogP contribution in [0.25, 0.3) is 0 Å². The number of hydrogen-bond acceptors (Lipinski definition) is 3. The number of rotatable bonds is 3. The highest BCUT2D eigenvalue weighted by molar-refractivity contribution is 7.32. The summed E-state index contributed by atoms with van der Waals surface area (Å²) in [7, 11) is -2.75. The maximum absolute atomic E-state index is 10.1. The van der Waals surface area contributed by atoms with Gasteiger partial charge in [0, 0.05) is 6.61 Å². The second kappa shape index (κ2) is 4.09. The van der Waals surface area contributed by atoms with E-state index >= 15 is 0 Å². The van der Waals surface area contributed by atoms with E-state index in [0.29, 0.717) is 0 Å². The standard InChI is InChI=1S/C5H11O4P/c6-10(7)9-4-5-2-1-3-8-5/h5,10H,1-4H2,(H,6,7)/t5-/m0/s1. The monoisotopic (exact) mass is 166 g/mol. The molecule has 10 heavy (non-hydrogen) atoms. The normalized spacial score (nSPS) is 28.7. The van der Waals surface area contributed by atoms with Gasteiger partial charge in [0.15, 0.2) is 0 Å². The van der Waals surface area contributed by atoms with Crippen LogP contribution in [0.5, 0.6) is 0 Å². The molecule has 60 valence electrons. The second-order valence-corrected chi connectivity index (χ2v) is 3.03. The van der Waals surface area contributed by atoms with E-state index in [4.69, 9.17) is 9.63 Å². The van der Waals surface area contributed by atoms with Crippen molar-refractivity contribution in [1.82, 2.24) is 0 Å². The minimum absolute atomic E-state index is 0.0427. The van der Waals surface area contributed by atoms with E-state index in [1.54, 1.807) is 0 Å². The van der Waals surface area contributed by atoms with E-state index in [1.807, 2.05) is 0 Å². The smallest absolute Gasteiger partial charge is 0.316 e. The summed E-state index contributed by atoms with van der Waals surface area (Å²) in [5, 5.41) is 0. The summed E-state index contributed by atoms with van der Waals surface area (Å²) in [6, 6.07) is 0. The fraction of sp³-hybridized carbons (Fsp3) is 1.00. The fourth-order valence-electron chi connectivity index (χ4n) is 0.940. The van der Waals surface area contributed by atoms with E-state index in [9.17, 15) is 4.57 Å². The predicted octanol–water partition coefficient (Wildman–Crippen LogP) is 0.564. The molecule has 1 N–H and O–H groups in total. The lowest BCUT2D eigenvalue weighted by atomic mass is 10.2. The molecule has 0 aromatic rings. The van der Waals surface area contributed by atoms with Crippen LogP contribution in [-0.2, 0) is 13.8 Å². The van der Waals surface area contributed by atoms with Crippen molar-refractivity contribution in [3.05, 3.63) is 0 Å². The van der Waals surface area contributed by atoms with Crippen LogP contribution in [-0.4, -0.2) is 24.2 Å². The van der Waals surface area contributed by atoms with Crippen LogP contribution in [0, 0.1) is 0 Å². The van der Waals surface area contributed by atoms with Gasteiger partial charge in [-0.05, 0) is 12.8 Å². The molecule has 0 radical (unpaired) electrons. The lowest BCUT2D eigenvalue weighted by Crippen LogP contribution is -2.11. The van der Waals surface area contributed by atoms with E-state index in [-0.39, 0.29) is 12.7 Å². The maximum atomic E-state index is 10.1. The molecule has 0 aliphatic carbocycles. The summed E-state index contributed by atoms with van der Waals surface area (Å²) in [6.45, 7) is 1.01. The van der Waals surface area contributed by atoms with Crippen LogP contribution in [0.1, 0.15) is 12.8 Å². The van der Waals surface area contributed by atoms with E-state index in [1.165, 1.54) is 0 Å². The van der Waals surface area contributed by atoms with Gasteiger partial charge in [-0.2, -0.15) is 0 Å². The Hall–Kier alpha value is 0.110. The highest BCUT2D eigenvalue weighted by Crippen LogP contribution is 2.19. The first-order chi connectivity index (χ1) is 4.79. The van der Waals surface area contributed by atoms with E-state index in [2.05, 4.69) is 4.52 Å². The van der Waals surface area contributed by atoms with Crippen molar-refractivity contribution in [2.75, 3.05) is 13.2 Å². The van der Waals surface area contributed by atoms with E-state index < -0.39 is 8.25 Å². The quantitative estimate of drug-likeness (QED) is 0.622. The largest absolute Gasteiger partial charge is 0.376 e. The Morgan fingerprint density at radius 2 is 2.60 bits per heavy atom. The third kappa shape index (κ3) is 2.80. The topological polar surface area (TPSA) is 55.8 Å². The van der Waals surface area contributed by atoms with Crippen molar-refractivity contribution in [2.24, 2.45) is 0 Å². The fourth-order valence-corrected chi connectivity index (χ4v) is 1.27. The van der Waals surface area contributed by atoms with Crippen LogP contribution in [0.15, 0.2) is 0 Å². The highest BCUT2D eigenvalue weighted by atomic mass is 31.1. The van der Waals surface area contributed by atoms with Crippen molar-refractivity contribution >= 4 is 8.25 Å². The van der Waals surface area contributed by atoms with Crippen LogP contribution in [0.2, 0.25) is 0 Å². The molecule has 1 saturated heterocycles. The number of ether oxygens (including phenoxy) is 1.